The third-order valence-electron chi connectivity index (χ3n) is 3.67. The van der Waals surface area contributed by atoms with E-state index in [4.69, 9.17) is 9.47 Å². The Hall–Kier alpha value is -2.12. The van der Waals surface area contributed by atoms with E-state index in [1.807, 2.05) is 12.1 Å². The van der Waals surface area contributed by atoms with Crippen molar-refractivity contribution in [1.82, 2.24) is 4.31 Å². The van der Waals surface area contributed by atoms with Crippen molar-refractivity contribution < 1.29 is 22.3 Å². The maximum atomic E-state index is 13.3. The Bertz CT molecular complexity index is 808. The van der Waals surface area contributed by atoms with Crippen molar-refractivity contribution in [3.05, 3.63) is 53.8 Å². The van der Waals surface area contributed by atoms with Gasteiger partial charge in [0.1, 0.15) is 5.82 Å². The van der Waals surface area contributed by atoms with Gasteiger partial charge < -0.3 is 9.47 Å². The summed E-state index contributed by atoms with van der Waals surface area (Å²) in [4.78, 5) is -0.0580. The number of sulfonamides is 1. The van der Waals surface area contributed by atoms with E-state index in [-0.39, 0.29) is 11.4 Å². The fraction of sp³-hybridized carbons (Fsp3) is 0.294. The smallest absolute Gasteiger partial charge is 0.242 e. The van der Waals surface area contributed by atoms with E-state index >= 15 is 0 Å². The molecule has 0 radical (unpaired) electrons. The number of methoxy groups -OCH3 is 2. The minimum atomic E-state index is -3.72. The Morgan fingerprint density at radius 3 is 2.38 bits per heavy atom. The summed E-state index contributed by atoms with van der Waals surface area (Å²) in [5.74, 6) is 0.622. The van der Waals surface area contributed by atoms with E-state index in [1.54, 1.807) is 20.3 Å². The largest absolute Gasteiger partial charge is 0.493 e. The summed E-state index contributed by atoms with van der Waals surface area (Å²) in [6.45, 7) is 0.258. The zero-order valence-electron chi connectivity index (χ0n) is 13.8. The average Bonchev–Trinajstić information content (AvgIpc) is 2.59. The van der Waals surface area contributed by atoms with Crippen LogP contribution in [0.2, 0.25) is 0 Å². The molecule has 0 bridgehead atoms. The molecule has 0 heterocycles. The van der Waals surface area contributed by atoms with Gasteiger partial charge in [-0.05, 0) is 42.3 Å². The molecule has 5 nitrogen and oxygen atoms in total. The first-order chi connectivity index (χ1) is 11.4. The lowest BCUT2D eigenvalue weighted by molar-refractivity contribution is 0.354. The Kier molecular flexibility index (Phi) is 5.80. The summed E-state index contributed by atoms with van der Waals surface area (Å²) in [5.41, 5.74) is 0.911. The van der Waals surface area contributed by atoms with E-state index in [0.717, 1.165) is 11.6 Å². The van der Waals surface area contributed by atoms with Crippen LogP contribution in [-0.2, 0) is 16.4 Å². The van der Waals surface area contributed by atoms with Crippen LogP contribution in [0.25, 0.3) is 0 Å². The fourth-order valence-electron chi connectivity index (χ4n) is 2.25. The molecule has 0 spiro atoms. The minimum absolute atomic E-state index is 0.0580. The number of hydrogen-bond acceptors (Lipinski definition) is 4. The van der Waals surface area contributed by atoms with E-state index in [9.17, 15) is 12.8 Å². The van der Waals surface area contributed by atoms with Gasteiger partial charge in [-0.3, -0.25) is 0 Å². The lowest BCUT2D eigenvalue weighted by Crippen LogP contribution is -2.29. The molecular formula is C17H20FNO4S. The second-order valence-corrected chi connectivity index (χ2v) is 7.27. The maximum Gasteiger partial charge on any atom is 0.242 e. The van der Waals surface area contributed by atoms with E-state index < -0.39 is 15.8 Å². The van der Waals surface area contributed by atoms with Crippen LogP contribution in [0.15, 0.2) is 47.4 Å². The predicted octanol–water partition coefficient (Wildman–Crippen LogP) is 2.71. The maximum absolute atomic E-state index is 13.3. The van der Waals surface area contributed by atoms with Gasteiger partial charge in [0.15, 0.2) is 11.5 Å². The summed E-state index contributed by atoms with van der Waals surface area (Å²) in [7, 11) is 0.847. The molecule has 0 saturated heterocycles. The molecule has 0 saturated carbocycles. The van der Waals surface area contributed by atoms with Crippen molar-refractivity contribution in [3.8, 4) is 11.5 Å². The van der Waals surface area contributed by atoms with Gasteiger partial charge in [0.2, 0.25) is 10.0 Å². The predicted molar refractivity (Wildman–Crippen MR) is 89.5 cm³/mol. The standard InChI is InChI=1S/C17H20FNO4S/c1-19(24(20,21)15-6-4-5-14(18)12-15)10-9-13-7-8-16(22-2)17(11-13)23-3/h4-8,11-12H,9-10H2,1-3H3. The Morgan fingerprint density at radius 1 is 1.04 bits per heavy atom. The minimum Gasteiger partial charge on any atom is -0.493 e. The number of rotatable bonds is 7. The van der Waals surface area contributed by atoms with E-state index in [0.29, 0.717) is 17.9 Å². The molecule has 0 atom stereocenters. The average molecular weight is 353 g/mol. The molecular weight excluding hydrogens is 333 g/mol. The second-order valence-electron chi connectivity index (χ2n) is 5.22. The molecule has 24 heavy (non-hydrogen) atoms. The highest BCUT2D eigenvalue weighted by molar-refractivity contribution is 7.89. The monoisotopic (exact) mass is 353 g/mol. The topological polar surface area (TPSA) is 55.8 Å². The van der Waals surface area contributed by atoms with Gasteiger partial charge in [-0.25, -0.2) is 17.1 Å². The highest BCUT2D eigenvalue weighted by atomic mass is 32.2. The van der Waals surface area contributed by atoms with Gasteiger partial charge >= 0.3 is 0 Å². The first-order valence-electron chi connectivity index (χ1n) is 7.31. The summed E-state index contributed by atoms with van der Waals surface area (Å²) in [6.07, 6.45) is 0.491. The van der Waals surface area contributed by atoms with Crippen LogP contribution in [0.3, 0.4) is 0 Å². The summed E-state index contributed by atoms with van der Waals surface area (Å²) < 4.78 is 49.8. The van der Waals surface area contributed by atoms with Crippen molar-refractivity contribution in [2.24, 2.45) is 0 Å². The van der Waals surface area contributed by atoms with E-state index in [1.165, 1.54) is 29.6 Å². The first-order valence-corrected chi connectivity index (χ1v) is 8.75. The summed E-state index contributed by atoms with van der Waals surface area (Å²) in [5, 5.41) is 0. The van der Waals surface area contributed by atoms with E-state index in [2.05, 4.69) is 0 Å². The van der Waals surface area contributed by atoms with Crippen molar-refractivity contribution >= 4 is 10.0 Å². The Balaban J connectivity index is 2.11. The van der Waals surface area contributed by atoms with Crippen LogP contribution in [0.5, 0.6) is 11.5 Å². The molecule has 130 valence electrons. The zero-order chi connectivity index (χ0) is 17.7. The third kappa shape index (κ3) is 4.04. The lowest BCUT2D eigenvalue weighted by atomic mass is 10.1. The first kappa shape index (κ1) is 18.2. The second kappa shape index (κ2) is 7.63. The van der Waals surface area contributed by atoms with Gasteiger partial charge in [-0.15, -0.1) is 0 Å². The summed E-state index contributed by atoms with van der Waals surface area (Å²) in [6, 6.07) is 10.4. The lowest BCUT2D eigenvalue weighted by Gasteiger charge is -2.17. The zero-order valence-corrected chi connectivity index (χ0v) is 14.6. The Labute approximate surface area is 141 Å². The number of ether oxygens (including phenoxy) is 2. The van der Waals surface area contributed by atoms with Crippen molar-refractivity contribution in [3.63, 3.8) is 0 Å². The SMILES string of the molecule is COc1ccc(CCN(C)S(=O)(=O)c2cccc(F)c2)cc1OC. The molecule has 7 heteroatoms. The molecule has 0 aromatic heterocycles. The molecule has 2 rings (SSSR count). The molecule has 0 fully saturated rings. The van der Waals surface area contributed by atoms with Crippen LogP contribution in [0, 0.1) is 5.82 Å². The van der Waals surface area contributed by atoms with Crippen molar-refractivity contribution in [2.75, 3.05) is 27.8 Å². The van der Waals surface area contributed by atoms with Crippen LogP contribution in [-0.4, -0.2) is 40.5 Å². The molecule has 2 aromatic rings. The third-order valence-corrected chi connectivity index (χ3v) is 5.52. The highest BCUT2D eigenvalue weighted by Crippen LogP contribution is 2.28. The highest BCUT2D eigenvalue weighted by Gasteiger charge is 2.21. The fourth-order valence-corrected chi connectivity index (χ4v) is 3.45. The molecule has 0 N–H and O–H groups in total. The van der Waals surface area contributed by atoms with Crippen LogP contribution >= 0.6 is 0 Å². The van der Waals surface area contributed by atoms with Crippen molar-refractivity contribution in [2.45, 2.75) is 11.3 Å². The van der Waals surface area contributed by atoms with Crippen LogP contribution < -0.4 is 9.47 Å². The molecule has 0 unspecified atom stereocenters. The normalized spacial score (nSPS) is 11.5. The van der Waals surface area contributed by atoms with Crippen molar-refractivity contribution in [1.29, 1.82) is 0 Å². The number of nitrogens with zero attached hydrogens (tertiary/aromatic N) is 1. The van der Waals surface area contributed by atoms with Crippen LogP contribution in [0.1, 0.15) is 5.56 Å². The van der Waals surface area contributed by atoms with Gasteiger partial charge in [0.25, 0.3) is 0 Å². The van der Waals surface area contributed by atoms with Gasteiger partial charge in [-0.1, -0.05) is 12.1 Å². The number of halogens is 1. The molecule has 0 aliphatic heterocycles. The summed E-state index contributed by atoms with van der Waals surface area (Å²) >= 11 is 0. The number of benzene rings is 2. The van der Waals surface area contributed by atoms with Crippen LogP contribution in [0.4, 0.5) is 4.39 Å². The molecule has 0 amide bonds. The van der Waals surface area contributed by atoms with Gasteiger partial charge in [-0.2, -0.15) is 0 Å². The van der Waals surface area contributed by atoms with Gasteiger partial charge in [0.05, 0.1) is 19.1 Å². The van der Waals surface area contributed by atoms with Gasteiger partial charge in [0, 0.05) is 13.6 Å². The number of hydrogen-bond donors (Lipinski definition) is 0. The number of likely N-dealkylation sites (N-methyl/N-ethyl adjacent to an activating group) is 1. The molecule has 2 aromatic carbocycles. The molecule has 0 aliphatic rings. The quantitative estimate of drug-likeness (QED) is 0.768. The molecule has 0 aliphatic carbocycles. The Morgan fingerprint density at radius 2 is 1.75 bits per heavy atom.